The minimum atomic E-state index is -4.39. The lowest BCUT2D eigenvalue weighted by molar-refractivity contribution is 0.0981. The second kappa shape index (κ2) is 9.18. The van der Waals surface area contributed by atoms with Gasteiger partial charge in [-0.3, -0.25) is 9.59 Å². The molecule has 0 spiro atoms. The van der Waals surface area contributed by atoms with Crippen molar-refractivity contribution in [1.82, 2.24) is 14.7 Å². The van der Waals surface area contributed by atoms with Crippen LogP contribution in [-0.4, -0.2) is 43.5 Å². The summed E-state index contributed by atoms with van der Waals surface area (Å²) < 4.78 is 32.9. The number of ether oxygens (including phenoxy) is 1. The summed E-state index contributed by atoms with van der Waals surface area (Å²) in [4.78, 5) is 33.9. The van der Waals surface area contributed by atoms with Crippen molar-refractivity contribution < 1.29 is 17.9 Å². The fraction of sp³-hybridized carbons (Fsp3) is 0.320. The Morgan fingerprint density at radius 3 is 2.49 bits per heavy atom. The van der Waals surface area contributed by atoms with Gasteiger partial charge in [0.05, 0.1) is 18.4 Å². The zero-order chi connectivity index (χ0) is 25.4. The largest absolute Gasteiger partial charge is 0.497 e. The first-order valence-corrected chi connectivity index (χ1v) is 12.7. The van der Waals surface area contributed by atoms with Gasteiger partial charge in [0.25, 0.3) is 21.5 Å². The van der Waals surface area contributed by atoms with Crippen LogP contribution in [0.5, 0.6) is 5.75 Å². The van der Waals surface area contributed by atoms with Gasteiger partial charge in [0.15, 0.2) is 4.90 Å². The van der Waals surface area contributed by atoms with Gasteiger partial charge in [0, 0.05) is 23.8 Å². The third-order valence-corrected chi connectivity index (χ3v) is 8.10. The van der Waals surface area contributed by atoms with Crippen molar-refractivity contribution in [2.45, 2.75) is 37.6 Å². The van der Waals surface area contributed by atoms with E-state index in [2.05, 4.69) is 25.8 Å². The van der Waals surface area contributed by atoms with Crippen LogP contribution >= 0.6 is 0 Å². The molecule has 1 unspecified atom stereocenters. The molecule has 1 aromatic carbocycles. The van der Waals surface area contributed by atoms with E-state index in [1.807, 2.05) is 33.9 Å². The van der Waals surface area contributed by atoms with Crippen LogP contribution in [0.25, 0.3) is 11.3 Å². The Bertz CT molecular complexity index is 1410. The van der Waals surface area contributed by atoms with E-state index in [4.69, 9.17) is 9.72 Å². The van der Waals surface area contributed by atoms with Crippen LogP contribution in [0.1, 0.15) is 37.6 Å². The third kappa shape index (κ3) is 4.66. The van der Waals surface area contributed by atoms with E-state index in [0.29, 0.717) is 29.7 Å². The van der Waals surface area contributed by atoms with Crippen LogP contribution < -0.4 is 19.9 Å². The number of carbonyl (C=O) groups excluding carboxylic acids is 1. The maximum absolute atomic E-state index is 13.3. The van der Waals surface area contributed by atoms with Gasteiger partial charge in [-0.1, -0.05) is 6.92 Å². The fourth-order valence-corrected chi connectivity index (χ4v) is 5.24. The molecular weight excluding hydrogens is 468 g/mol. The molecule has 10 heteroatoms. The summed E-state index contributed by atoms with van der Waals surface area (Å²) >= 11 is 0. The minimum absolute atomic E-state index is 0.111. The maximum atomic E-state index is 13.3. The van der Waals surface area contributed by atoms with Crippen LogP contribution in [0, 0.1) is 5.92 Å². The molecule has 1 fully saturated rings. The summed E-state index contributed by atoms with van der Waals surface area (Å²) in [6.45, 7) is 6.96. The molecule has 1 amide bonds. The van der Waals surface area contributed by atoms with Crippen molar-refractivity contribution in [3.8, 4) is 17.0 Å². The number of sulfonamides is 1. The average Bonchev–Trinajstić information content (AvgIpc) is 3.10. The molecule has 1 saturated heterocycles. The number of benzene rings is 1. The lowest BCUT2D eigenvalue weighted by atomic mass is 9.90. The molecule has 0 aliphatic carbocycles. The van der Waals surface area contributed by atoms with Gasteiger partial charge in [-0.2, -0.15) is 0 Å². The Hall–Kier alpha value is -3.66. The molecule has 3 heterocycles. The number of aromatic nitrogens is 2. The van der Waals surface area contributed by atoms with E-state index >= 15 is 0 Å². The first-order chi connectivity index (χ1) is 16.5. The normalized spacial score (nSPS) is 17.3. The van der Waals surface area contributed by atoms with Crippen molar-refractivity contribution >= 4 is 21.7 Å². The Morgan fingerprint density at radius 1 is 1.17 bits per heavy atom. The summed E-state index contributed by atoms with van der Waals surface area (Å²) in [5, 5.41) is 0. The number of amides is 1. The van der Waals surface area contributed by atoms with Gasteiger partial charge < -0.3 is 14.6 Å². The number of anilines is 1. The predicted octanol–water partition coefficient (Wildman–Crippen LogP) is 3.19. The molecule has 0 bridgehead atoms. The summed E-state index contributed by atoms with van der Waals surface area (Å²) in [5.74, 6) is 0.576. The van der Waals surface area contributed by atoms with Gasteiger partial charge in [-0.05, 0) is 74.7 Å². The first-order valence-electron chi connectivity index (χ1n) is 11.2. The SMILES string of the molecule is COc1ccc(-c2ccc(C(=O)NS(=O)(=O)c3ccc[nH]c3=O)c(N3CCC(C)C3(C)C)n2)cc1. The number of pyridine rings is 2. The summed E-state index contributed by atoms with van der Waals surface area (Å²) in [6, 6.07) is 13.2. The molecule has 4 rings (SSSR count). The highest BCUT2D eigenvalue weighted by Gasteiger charge is 2.41. The second-order valence-electron chi connectivity index (χ2n) is 9.09. The van der Waals surface area contributed by atoms with Gasteiger partial charge in [0.1, 0.15) is 11.6 Å². The highest BCUT2D eigenvalue weighted by Crippen LogP contribution is 2.39. The van der Waals surface area contributed by atoms with Gasteiger partial charge >= 0.3 is 0 Å². The highest BCUT2D eigenvalue weighted by molar-refractivity contribution is 7.90. The quantitative estimate of drug-likeness (QED) is 0.537. The van der Waals surface area contributed by atoms with E-state index in [9.17, 15) is 18.0 Å². The summed E-state index contributed by atoms with van der Waals surface area (Å²) in [7, 11) is -2.80. The minimum Gasteiger partial charge on any atom is -0.497 e. The smallest absolute Gasteiger partial charge is 0.269 e. The van der Waals surface area contributed by atoms with E-state index in [1.165, 1.54) is 12.3 Å². The van der Waals surface area contributed by atoms with Gasteiger partial charge in [-0.15, -0.1) is 0 Å². The van der Waals surface area contributed by atoms with Crippen molar-refractivity contribution in [3.05, 3.63) is 70.6 Å². The third-order valence-electron chi connectivity index (χ3n) is 6.75. The zero-order valence-electron chi connectivity index (χ0n) is 20.0. The van der Waals surface area contributed by atoms with Crippen molar-refractivity contribution in [1.29, 1.82) is 0 Å². The molecule has 2 aromatic heterocycles. The van der Waals surface area contributed by atoms with Crippen LogP contribution in [0.4, 0.5) is 5.82 Å². The number of nitrogens with one attached hydrogen (secondary N) is 2. The molecule has 1 aliphatic heterocycles. The lowest BCUT2D eigenvalue weighted by Crippen LogP contribution is -2.44. The maximum Gasteiger partial charge on any atom is 0.269 e. The number of nitrogens with zero attached hydrogens (tertiary/aromatic N) is 2. The summed E-state index contributed by atoms with van der Waals surface area (Å²) in [6.07, 6.45) is 2.22. The Labute approximate surface area is 204 Å². The predicted molar refractivity (Wildman–Crippen MR) is 133 cm³/mol. The number of rotatable bonds is 6. The number of H-pyrrole nitrogens is 1. The van der Waals surface area contributed by atoms with Crippen molar-refractivity contribution in [2.24, 2.45) is 5.92 Å². The van der Waals surface area contributed by atoms with Crippen molar-refractivity contribution in [2.75, 3.05) is 18.6 Å². The van der Waals surface area contributed by atoms with E-state index in [0.717, 1.165) is 18.1 Å². The number of hydrogen-bond donors (Lipinski definition) is 2. The molecule has 35 heavy (non-hydrogen) atoms. The summed E-state index contributed by atoms with van der Waals surface area (Å²) in [5.41, 5.74) is 0.455. The monoisotopic (exact) mass is 496 g/mol. The molecule has 1 aliphatic rings. The first kappa shape index (κ1) is 24.5. The van der Waals surface area contributed by atoms with Crippen molar-refractivity contribution in [3.63, 3.8) is 0 Å². The van der Waals surface area contributed by atoms with E-state index in [-0.39, 0.29) is 11.1 Å². The topological polar surface area (TPSA) is 121 Å². The molecule has 0 saturated carbocycles. The Morgan fingerprint density at radius 2 is 1.89 bits per heavy atom. The van der Waals surface area contributed by atoms with E-state index in [1.54, 1.807) is 19.2 Å². The van der Waals surface area contributed by atoms with Crippen LogP contribution in [0.15, 0.2) is 64.4 Å². The average molecular weight is 497 g/mol. The zero-order valence-corrected chi connectivity index (χ0v) is 20.8. The standard InChI is InChI=1S/C25H28N4O5S/c1-16-13-15-29(25(16,2)3)22-19(11-12-20(27-22)17-7-9-18(34-4)10-8-17)23(30)28-35(32,33)21-6-5-14-26-24(21)31/h5-12,14,16H,13,15H2,1-4H3,(H,26,31)(H,28,30). The number of hydrogen-bond acceptors (Lipinski definition) is 7. The van der Waals surface area contributed by atoms with Crippen LogP contribution in [-0.2, 0) is 10.0 Å². The molecule has 9 nitrogen and oxygen atoms in total. The Kier molecular flexibility index (Phi) is 6.42. The fourth-order valence-electron chi connectivity index (χ4n) is 4.21. The molecule has 184 valence electrons. The molecule has 3 aromatic rings. The molecule has 2 N–H and O–H groups in total. The van der Waals surface area contributed by atoms with E-state index < -0.39 is 26.4 Å². The molecule has 1 atom stereocenters. The van der Waals surface area contributed by atoms with Gasteiger partial charge in [0.2, 0.25) is 0 Å². The van der Waals surface area contributed by atoms with Gasteiger partial charge in [-0.25, -0.2) is 18.1 Å². The lowest BCUT2D eigenvalue weighted by Gasteiger charge is -2.36. The Balaban J connectivity index is 1.77. The molecule has 0 radical (unpaired) electrons. The van der Waals surface area contributed by atoms with Crippen LogP contribution in [0.2, 0.25) is 0 Å². The second-order valence-corrected chi connectivity index (χ2v) is 10.7. The number of aromatic amines is 1. The highest BCUT2D eigenvalue weighted by atomic mass is 32.2. The van der Waals surface area contributed by atoms with Crippen LogP contribution in [0.3, 0.4) is 0 Å². The molecular formula is C25H28N4O5S. The number of methoxy groups -OCH3 is 1. The number of carbonyl (C=O) groups is 1.